The van der Waals surface area contributed by atoms with Gasteiger partial charge in [-0.1, -0.05) is 12.1 Å². The zero-order valence-electron chi connectivity index (χ0n) is 6.26. The minimum atomic E-state index is 0.849. The minimum Gasteiger partial charge on any atom is -0.368 e. The highest BCUT2D eigenvalue weighted by molar-refractivity contribution is 5.28. The van der Waals surface area contributed by atoms with Crippen molar-refractivity contribution < 1.29 is 0 Å². The van der Waals surface area contributed by atoms with Gasteiger partial charge >= 0.3 is 0 Å². The van der Waals surface area contributed by atoms with Crippen LogP contribution >= 0.6 is 0 Å². The van der Waals surface area contributed by atoms with Crippen molar-refractivity contribution >= 4 is 5.82 Å². The van der Waals surface area contributed by atoms with Crippen LogP contribution in [0.15, 0.2) is 0 Å². The van der Waals surface area contributed by atoms with E-state index < -0.39 is 0 Å². The molecule has 55 valence electrons. The van der Waals surface area contributed by atoms with Crippen LogP contribution in [0.4, 0.5) is 5.82 Å². The molecule has 0 bridgehead atoms. The number of aryl methyl sites for hydroxylation is 1. The Kier molecular flexibility index (Phi) is 2.25. The Balaban J connectivity index is 2.49. The fraction of sp³-hybridized carbons (Fsp3) is 0.667. The Labute approximate surface area is 60.2 Å². The quantitative estimate of drug-likeness (QED) is 0.660. The van der Waals surface area contributed by atoms with Crippen LogP contribution in [0.1, 0.15) is 13.3 Å². The SMILES string of the molecule is CCCNc1[c]nnn1C. The topological polar surface area (TPSA) is 42.7 Å². The first kappa shape index (κ1) is 7.05. The van der Waals surface area contributed by atoms with Gasteiger partial charge in [-0.2, -0.15) is 0 Å². The summed E-state index contributed by atoms with van der Waals surface area (Å²) in [4.78, 5) is 0. The maximum Gasteiger partial charge on any atom is 0.161 e. The maximum absolute atomic E-state index is 3.72. The van der Waals surface area contributed by atoms with Crippen molar-refractivity contribution in [3.05, 3.63) is 6.20 Å². The molecule has 1 heterocycles. The van der Waals surface area contributed by atoms with Gasteiger partial charge in [0.1, 0.15) is 0 Å². The summed E-state index contributed by atoms with van der Waals surface area (Å²) in [5.74, 6) is 0.849. The van der Waals surface area contributed by atoms with Gasteiger partial charge in [-0.05, 0) is 6.42 Å². The van der Waals surface area contributed by atoms with E-state index in [-0.39, 0.29) is 0 Å². The van der Waals surface area contributed by atoms with Gasteiger partial charge in [-0.15, -0.1) is 5.10 Å². The number of nitrogens with one attached hydrogen (secondary N) is 1. The molecule has 0 amide bonds. The van der Waals surface area contributed by atoms with Crippen molar-refractivity contribution in [1.29, 1.82) is 0 Å². The number of nitrogens with zero attached hydrogens (tertiary/aromatic N) is 3. The number of hydrogen-bond donors (Lipinski definition) is 1. The second kappa shape index (κ2) is 3.20. The largest absolute Gasteiger partial charge is 0.368 e. The molecule has 0 aliphatic carbocycles. The lowest BCUT2D eigenvalue weighted by atomic mass is 10.5. The van der Waals surface area contributed by atoms with Crippen LogP contribution in [0, 0.1) is 6.20 Å². The second-order valence-corrected chi connectivity index (χ2v) is 2.10. The summed E-state index contributed by atoms with van der Waals surface area (Å²) in [5.41, 5.74) is 0. The Morgan fingerprint density at radius 2 is 2.50 bits per heavy atom. The van der Waals surface area contributed by atoms with E-state index in [1.807, 2.05) is 7.05 Å². The molecule has 4 nitrogen and oxygen atoms in total. The fourth-order valence-electron chi connectivity index (χ4n) is 0.651. The first-order chi connectivity index (χ1) is 4.84. The Bertz CT molecular complexity index is 193. The van der Waals surface area contributed by atoms with Crippen molar-refractivity contribution in [3.8, 4) is 0 Å². The summed E-state index contributed by atoms with van der Waals surface area (Å²) >= 11 is 0. The molecular formula is C6H11N4. The highest BCUT2D eigenvalue weighted by atomic mass is 15.4. The number of anilines is 1. The van der Waals surface area contributed by atoms with Crippen molar-refractivity contribution in [2.75, 3.05) is 11.9 Å². The lowest BCUT2D eigenvalue weighted by Gasteiger charge is -2.00. The third-order valence-corrected chi connectivity index (χ3v) is 1.20. The van der Waals surface area contributed by atoms with Gasteiger partial charge in [0.05, 0.1) is 0 Å². The zero-order valence-corrected chi connectivity index (χ0v) is 6.26. The smallest absolute Gasteiger partial charge is 0.161 e. The van der Waals surface area contributed by atoms with Crippen LogP contribution in [0.2, 0.25) is 0 Å². The van der Waals surface area contributed by atoms with E-state index in [0.717, 1.165) is 18.8 Å². The minimum absolute atomic E-state index is 0.849. The second-order valence-electron chi connectivity index (χ2n) is 2.10. The van der Waals surface area contributed by atoms with Crippen LogP contribution in [0.5, 0.6) is 0 Å². The summed E-state index contributed by atoms with van der Waals surface area (Å²) < 4.78 is 1.66. The summed E-state index contributed by atoms with van der Waals surface area (Å²) in [5, 5.41) is 10.4. The molecule has 1 rings (SSSR count). The van der Waals surface area contributed by atoms with Gasteiger partial charge in [0, 0.05) is 13.6 Å². The molecule has 0 saturated carbocycles. The standard InChI is InChI=1S/C6H11N4/c1-3-4-7-6-5-8-9-10(6)2/h7H,3-4H2,1-2H3. The summed E-state index contributed by atoms with van der Waals surface area (Å²) in [6.45, 7) is 3.05. The van der Waals surface area contributed by atoms with Gasteiger partial charge in [0.2, 0.25) is 0 Å². The fourth-order valence-corrected chi connectivity index (χ4v) is 0.651. The van der Waals surface area contributed by atoms with E-state index in [1.165, 1.54) is 0 Å². The van der Waals surface area contributed by atoms with E-state index in [0.29, 0.717) is 0 Å². The van der Waals surface area contributed by atoms with Gasteiger partial charge in [-0.25, -0.2) is 4.68 Å². The molecule has 1 radical (unpaired) electrons. The molecular weight excluding hydrogens is 128 g/mol. The molecule has 0 aliphatic heterocycles. The van der Waals surface area contributed by atoms with E-state index in [9.17, 15) is 0 Å². The highest BCUT2D eigenvalue weighted by Gasteiger charge is 1.95. The molecule has 0 aliphatic rings. The molecule has 1 N–H and O–H groups in total. The monoisotopic (exact) mass is 139 g/mol. The molecule has 0 aromatic carbocycles. The third-order valence-electron chi connectivity index (χ3n) is 1.20. The zero-order chi connectivity index (χ0) is 7.40. The van der Waals surface area contributed by atoms with Crippen LogP contribution in [-0.2, 0) is 7.05 Å². The highest BCUT2D eigenvalue weighted by Crippen LogP contribution is 1.98. The lowest BCUT2D eigenvalue weighted by molar-refractivity contribution is 0.716. The van der Waals surface area contributed by atoms with Gasteiger partial charge < -0.3 is 5.32 Å². The molecule has 0 atom stereocenters. The Hall–Kier alpha value is -1.06. The van der Waals surface area contributed by atoms with Crippen molar-refractivity contribution in [1.82, 2.24) is 15.0 Å². The molecule has 1 aromatic rings. The molecule has 0 spiro atoms. The first-order valence-corrected chi connectivity index (χ1v) is 3.36. The molecule has 0 unspecified atom stereocenters. The number of hydrogen-bond acceptors (Lipinski definition) is 3. The molecule has 1 aromatic heterocycles. The van der Waals surface area contributed by atoms with Gasteiger partial charge in [0.25, 0.3) is 0 Å². The van der Waals surface area contributed by atoms with Gasteiger partial charge in [0.15, 0.2) is 12.0 Å². The average Bonchev–Trinajstić information content (AvgIpc) is 2.31. The van der Waals surface area contributed by atoms with E-state index in [4.69, 9.17) is 0 Å². The first-order valence-electron chi connectivity index (χ1n) is 3.36. The lowest BCUT2D eigenvalue weighted by Crippen LogP contribution is -2.04. The van der Waals surface area contributed by atoms with Crippen LogP contribution in [-0.4, -0.2) is 21.5 Å². The van der Waals surface area contributed by atoms with Crippen molar-refractivity contribution in [2.45, 2.75) is 13.3 Å². The van der Waals surface area contributed by atoms with E-state index in [1.54, 1.807) is 4.68 Å². The number of rotatable bonds is 3. The normalized spacial score (nSPS) is 9.80. The van der Waals surface area contributed by atoms with Crippen LogP contribution in [0.25, 0.3) is 0 Å². The van der Waals surface area contributed by atoms with Gasteiger partial charge in [-0.3, -0.25) is 0 Å². The molecule has 10 heavy (non-hydrogen) atoms. The average molecular weight is 139 g/mol. The summed E-state index contributed by atoms with van der Waals surface area (Å²) in [6.07, 6.45) is 3.83. The molecule has 0 fully saturated rings. The van der Waals surface area contributed by atoms with E-state index in [2.05, 4.69) is 28.7 Å². The predicted molar refractivity (Wildman–Crippen MR) is 38.6 cm³/mol. The van der Waals surface area contributed by atoms with E-state index >= 15 is 0 Å². The third kappa shape index (κ3) is 1.46. The van der Waals surface area contributed by atoms with Crippen LogP contribution in [0.3, 0.4) is 0 Å². The summed E-state index contributed by atoms with van der Waals surface area (Å²) in [7, 11) is 1.83. The van der Waals surface area contributed by atoms with Crippen molar-refractivity contribution in [3.63, 3.8) is 0 Å². The number of aromatic nitrogens is 3. The van der Waals surface area contributed by atoms with Crippen molar-refractivity contribution in [2.24, 2.45) is 7.05 Å². The predicted octanol–water partition coefficient (Wildman–Crippen LogP) is 0.437. The molecule has 4 heteroatoms. The van der Waals surface area contributed by atoms with Crippen LogP contribution < -0.4 is 5.32 Å². The Morgan fingerprint density at radius 1 is 1.70 bits per heavy atom. The Morgan fingerprint density at radius 3 is 3.00 bits per heavy atom. The maximum atomic E-state index is 3.72. The summed E-state index contributed by atoms with van der Waals surface area (Å²) in [6, 6.07) is 0. The molecule has 0 saturated heterocycles.